The number of allylic oxidation sites excluding steroid dienone is 4. The number of epoxide rings is 2. The van der Waals surface area contributed by atoms with Crippen LogP contribution in [-0.2, 0) is 28.5 Å². The van der Waals surface area contributed by atoms with Crippen molar-refractivity contribution >= 4 is 35.1 Å². The molecule has 0 radical (unpaired) electrons. The summed E-state index contributed by atoms with van der Waals surface area (Å²) in [4.78, 5) is 24.1. The quantitative estimate of drug-likeness (QED) is 0.145. The topological polar surface area (TPSA) is 77.7 Å². The van der Waals surface area contributed by atoms with Crippen molar-refractivity contribution in [3.05, 3.63) is 37.5 Å². The first-order chi connectivity index (χ1) is 16.7. The molecule has 2 saturated carbocycles. The third-order valence-corrected chi connectivity index (χ3v) is 7.89. The van der Waals surface area contributed by atoms with Crippen LogP contribution in [0.25, 0.3) is 0 Å². The highest BCUT2D eigenvalue weighted by Gasteiger charge is 2.51. The van der Waals surface area contributed by atoms with Gasteiger partial charge >= 0.3 is 11.9 Å². The van der Waals surface area contributed by atoms with Gasteiger partial charge in [-0.2, -0.15) is 0 Å². The van der Waals surface area contributed by atoms with E-state index in [4.69, 9.17) is 42.1 Å². The van der Waals surface area contributed by atoms with Crippen molar-refractivity contribution in [2.24, 2.45) is 34.5 Å². The largest absolute Gasteiger partial charge is 0.462 e. The average molecular weight is 562 g/mol. The summed E-state index contributed by atoms with van der Waals surface area (Å²) in [6.07, 6.45) is 12.4. The van der Waals surface area contributed by atoms with Crippen molar-refractivity contribution in [3.63, 3.8) is 0 Å². The number of rotatable bonds is 8. The van der Waals surface area contributed by atoms with Crippen LogP contribution in [0, 0.1) is 34.5 Å². The van der Waals surface area contributed by atoms with Gasteiger partial charge in [0.05, 0.1) is 29.4 Å². The number of hydrogen-bond acceptors (Lipinski definition) is 6. The van der Waals surface area contributed by atoms with Gasteiger partial charge in [-0.25, -0.2) is 0 Å². The van der Waals surface area contributed by atoms with Crippen molar-refractivity contribution < 1.29 is 28.5 Å². The maximum atomic E-state index is 12.2. The SMILES string of the molecule is C.C.C=CC1CC(C=C)C(C)(C(=O)OCC2CO2)C1.CC1(C(=O)OCC2CO2)CC2C=CC1C2.ClCCl. The normalized spacial score (nSPS) is 37.3. The van der Waals surface area contributed by atoms with Crippen LogP contribution < -0.4 is 0 Å². The number of carbonyl (C=O) groups is 2. The Kier molecular flexibility index (Phi) is 13.4. The molecule has 0 aromatic carbocycles. The molecular formula is C29H46Cl2O6. The Morgan fingerprint density at radius 1 is 0.919 bits per heavy atom. The van der Waals surface area contributed by atoms with E-state index in [1.807, 2.05) is 26.0 Å². The van der Waals surface area contributed by atoms with Gasteiger partial charge in [-0.3, -0.25) is 9.59 Å². The molecule has 8 heteroatoms. The molecule has 6 nitrogen and oxygen atoms in total. The number of esters is 2. The predicted octanol–water partition coefficient (Wildman–Crippen LogP) is 6.56. The smallest absolute Gasteiger partial charge is 0.312 e. The molecule has 2 saturated heterocycles. The number of ether oxygens (including phenoxy) is 4. The van der Waals surface area contributed by atoms with E-state index in [9.17, 15) is 9.59 Å². The molecule has 37 heavy (non-hydrogen) atoms. The molecule has 3 aliphatic carbocycles. The molecule has 2 bridgehead atoms. The van der Waals surface area contributed by atoms with E-state index >= 15 is 0 Å². The average Bonchev–Trinajstić information content (AvgIpc) is 3.75. The van der Waals surface area contributed by atoms with E-state index in [0.717, 1.165) is 32.3 Å². The van der Waals surface area contributed by atoms with Crippen LogP contribution in [0.15, 0.2) is 37.5 Å². The standard InChI is InChI=1S/C14H20O3.C12H16O3.CH2Cl2.2CH4/c1-4-10-6-11(5-2)14(3,7-10)13(15)17-9-12-8-16-12;1-12(5-8-2-3-9(12)4-8)11(13)15-7-10-6-14-10;2-1-3;;/h4-5,10-12H,1-2,6-9H2,3H3;2-3,8-10H,4-7H2,1H3;1H2;2*1H4. The molecule has 2 aliphatic heterocycles. The Hall–Kier alpha value is -1.34. The highest BCUT2D eigenvalue weighted by molar-refractivity contribution is 6.40. The zero-order chi connectivity index (χ0) is 25.6. The van der Waals surface area contributed by atoms with Gasteiger partial charge < -0.3 is 18.9 Å². The fraction of sp³-hybridized carbons (Fsp3) is 0.724. The van der Waals surface area contributed by atoms with Crippen LogP contribution in [0.5, 0.6) is 0 Å². The Bertz CT molecular complexity index is 808. The lowest BCUT2D eigenvalue weighted by Crippen LogP contribution is -2.34. The Balaban J connectivity index is 0.000000320. The van der Waals surface area contributed by atoms with Gasteiger partial charge in [0.25, 0.3) is 0 Å². The number of alkyl halides is 2. The van der Waals surface area contributed by atoms with Crippen LogP contribution in [-0.4, -0.2) is 55.9 Å². The molecule has 0 aromatic heterocycles. The summed E-state index contributed by atoms with van der Waals surface area (Å²) in [5, 5.41) is 0.194. The summed E-state index contributed by atoms with van der Waals surface area (Å²) >= 11 is 9.53. The van der Waals surface area contributed by atoms with E-state index in [1.165, 1.54) is 0 Å². The molecule has 212 valence electrons. The number of halogens is 2. The highest BCUT2D eigenvalue weighted by atomic mass is 35.5. The monoisotopic (exact) mass is 560 g/mol. The summed E-state index contributed by atoms with van der Waals surface area (Å²) in [6.45, 7) is 13.9. The highest BCUT2D eigenvalue weighted by Crippen LogP contribution is 2.52. The maximum Gasteiger partial charge on any atom is 0.312 e. The van der Waals surface area contributed by atoms with Gasteiger partial charge in [0.1, 0.15) is 25.4 Å². The minimum Gasteiger partial charge on any atom is -0.462 e. The second-order valence-corrected chi connectivity index (χ2v) is 11.3. The summed E-state index contributed by atoms with van der Waals surface area (Å²) in [7, 11) is 0. The van der Waals surface area contributed by atoms with Crippen LogP contribution in [0.1, 0.15) is 54.4 Å². The lowest BCUT2D eigenvalue weighted by atomic mass is 9.78. The maximum absolute atomic E-state index is 12.2. The predicted molar refractivity (Wildman–Crippen MR) is 150 cm³/mol. The molecule has 0 aromatic rings. The van der Waals surface area contributed by atoms with Crippen molar-refractivity contribution in [1.29, 1.82) is 0 Å². The van der Waals surface area contributed by atoms with Gasteiger partial charge in [-0.15, -0.1) is 36.4 Å². The second-order valence-electron chi connectivity index (χ2n) is 10.5. The number of hydrogen-bond donors (Lipinski definition) is 0. The van der Waals surface area contributed by atoms with Gasteiger partial charge in [-0.1, -0.05) is 39.2 Å². The molecule has 4 fully saturated rings. The molecule has 0 amide bonds. The fourth-order valence-electron chi connectivity index (χ4n) is 5.46. The second kappa shape index (κ2) is 14.7. The van der Waals surface area contributed by atoms with Crippen molar-refractivity contribution in [3.8, 4) is 0 Å². The van der Waals surface area contributed by atoms with Gasteiger partial charge in [0.2, 0.25) is 0 Å². The van der Waals surface area contributed by atoms with Gasteiger partial charge in [0.15, 0.2) is 0 Å². The van der Waals surface area contributed by atoms with E-state index < -0.39 is 5.41 Å². The van der Waals surface area contributed by atoms with Crippen LogP contribution in [0.2, 0.25) is 0 Å². The van der Waals surface area contributed by atoms with E-state index in [2.05, 4.69) is 25.3 Å². The molecular weight excluding hydrogens is 515 g/mol. The number of carbonyl (C=O) groups excluding carboxylic acids is 2. The van der Waals surface area contributed by atoms with E-state index in [0.29, 0.717) is 37.6 Å². The first-order valence-corrected chi connectivity index (χ1v) is 13.4. The van der Waals surface area contributed by atoms with Crippen molar-refractivity contribution in [2.45, 2.75) is 66.6 Å². The molecule has 5 aliphatic rings. The summed E-state index contributed by atoms with van der Waals surface area (Å²) in [6, 6.07) is 0. The third kappa shape index (κ3) is 8.58. The Morgan fingerprint density at radius 2 is 1.43 bits per heavy atom. The molecule has 0 spiro atoms. The van der Waals surface area contributed by atoms with E-state index in [-0.39, 0.29) is 55.7 Å². The summed E-state index contributed by atoms with van der Waals surface area (Å²) < 4.78 is 20.7. The first-order valence-electron chi connectivity index (χ1n) is 12.3. The first kappa shape index (κ1) is 33.7. The molecule has 8 unspecified atom stereocenters. The Morgan fingerprint density at radius 3 is 1.81 bits per heavy atom. The zero-order valence-electron chi connectivity index (χ0n) is 20.8. The van der Waals surface area contributed by atoms with Crippen LogP contribution >= 0.6 is 23.2 Å². The molecule has 5 rings (SSSR count). The van der Waals surface area contributed by atoms with Crippen LogP contribution in [0.3, 0.4) is 0 Å². The van der Waals surface area contributed by atoms with Crippen molar-refractivity contribution in [1.82, 2.24) is 0 Å². The zero-order valence-corrected chi connectivity index (χ0v) is 22.3. The molecule has 8 atom stereocenters. The van der Waals surface area contributed by atoms with Gasteiger partial charge in [-0.05, 0) is 63.2 Å². The minimum absolute atomic E-state index is 0. The minimum atomic E-state index is -0.449. The van der Waals surface area contributed by atoms with Crippen LogP contribution in [0.4, 0.5) is 0 Å². The molecule has 0 N–H and O–H groups in total. The number of fused-ring (bicyclic) bond motifs is 2. The van der Waals surface area contributed by atoms with E-state index in [1.54, 1.807) is 0 Å². The lowest BCUT2D eigenvalue weighted by Gasteiger charge is -2.28. The molecule has 2 heterocycles. The van der Waals surface area contributed by atoms with Crippen molar-refractivity contribution in [2.75, 3.05) is 31.8 Å². The summed E-state index contributed by atoms with van der Waals surface area (Å²) in [5.41, 5.74) is -0.718. The summed E-state index contributed by atoms with van der Waals surface area (Å²) in [5.74, 6) is 1.41. The third-order valence-electron chi connectivity index (χ3n) is 7.89. The fourth-order valence-corrected chi connectivity index (χ4v) is 5.46. The Labute approximate surface area is 233 Å². The lowest BCUT2D eigenvalue weighted by molar-refractivity contribution is -0.157. The van der Waals surface area contributed by atoms with Gasteiger partial charge in [0, 0.05) is 0 Å².